The SMILES string of the molecule is CCN1CCC(Nc2cc(C(F)(F)F)ccc2C)CC1. The number of aryl methyl sites for hydroxylation is 1. The summed E-state index contributed by atoms with van der Waals surface area (Å²) in [4.78, 5) is 2.36. The molecule has 1 fully saturated rings. The maximum Gasteiger partial charge on any atom is 0.416 e. The van der Waals surface area contributed by atoms with Crippen molar-refractivity contribution < 1.29 is 13.2 Å². The lowest BCUT2D eigenvalue weighted by atomic mass is 10.0. The second-order valence-corrected chi connectivity index (χ2v) is 5.38. The molecule has 0 amide bonds. The zero-order chi connectivity index (χ0) is 14.8. The molecule has 1 aromatic rings. The van der Waals surface area contributed by atoms with Gasteiger partial charge in [-0.25, -0.2) is 0 Å². The molecular formula is C15H21F3N2. The largest absolute Gasteiger partial charge is 0.416 e. The van der Waals surface area contributed by atoms with Crippen LogP contribution in [0, 0.1) is 6.92 Å². The summed E-state index contributed by atoms with van der Waals surface area (Å²) in [5, 5.41) is 3.28. The van der Waals surface area contributed by atoms with E-state index in [1.807, 2.05) is 6.92 Å². The van der Waals surface area contributed by atoms with Crippen molar-refractivity contribution in [3.8, 4) is 0 Å². The van der Waals surface area contributed by atoms with E-state index in [2.05, 4.69) is 17.1 Å². The molecular weight excluding hydrogens is 265 g/mol. The number of hydrogen-bond donors (Lipinski definition) is 1. The number of likely N-dealkylation sites (tertiary alicyclic amines) is 1. The molecule has 0 saturated carbocycles. The zero-order valence-corrected chi connectivity index (χ0v) is 11.9. The summed E-state index contributed by atoms with van der Waals surface area (Å²) in [6, 6.07) is 4.16. The third-order valence-electron chi connectivity index (χ3n) is 3.96. The van der Waals surface area contributed by atoms with Crippen molar-refractivity contribution >= 4 is 5.69 Å². The molecule has 0 aliphatic carbocycles. The Kier molecular flexibility index (Phi) is 4.58. The highest BCUT2D eigenvalue weighted by Gasteiger charge is 2.31. The fourth-order valence-electron chi connectivity index (χ4n) is 2.57. The Morgan fingerprint density at radius 2 is 1.90 bits per heavy atom. The zero-order valence-electron chi connectivity index (χ0n) is 11.9. The molecule has 0 unspecified atom stereocenters. The molecule has 0 radical (unpaired) electrons. The van der Waals surface area contributed by atoms with Gasteiger partial charge in [-0.2, -0.15) is 13.2 Å². The molecule has 1 aliphatic rings. The van der Waals surface area contributed by atoms with Crippen LogP contribution in [-0.4, -0.2) is 30.6 Å². The van der Waals surface area contributed by atoms with Crippen molar-refractivity contribution in [2.75, 3.05) is 25.0 Å². The second kappa shape index (κ2) is 6.04. The minimum atomic E-state index is -4.28. The summed E-state index contributed by atoms with van der Waals surface area (Å²) in [5.74, 6) is 0. The van der Waals surface area contributed by atoms with Gasteiger partial charge in [0.25, 0.3) is 0 Å². The molecule has 0 bridgehead atoms. The first-order valence-corrected chi connectivity index (χ1v) is 7.07. The van der Waals surface area contributed by atoms with Crippen molar-refractivity contribution in [2.24, 2.45) is 0 Å². The Morgan fingerprint density at radius 3 is 2.45 bits per heavy atom. The molecule has 1 aliphatic heterocycles. The van der Waals surface area contributed by atoms with E-state index < -0.39 is 11.7 Å². The predicted octanol–water partition coefficient (Wildman–Crippen LogP) is 3.91. The highest BCUT2D eigenvalue weighted by Crippen LogP contribution is 2.32. The number of nitrogens with zero attached hydrogens (tertiary/aromatic N) is 1. The summed E-state index contributed by atoms with van der Waals surface area (Å²) in [7, 11) is 0. The Labute approximate surface area is 118 Å². The molecule has 1 aromatic carbocycles. The van der Waals surface area contributed by atoms with Crippen LogP contribution < -0.4 is 5.32 Å². The van der Waals surface area contributed by atoms with E-state index in [4.69, 9.17) is 0 Å². The number of anilines is 1. The van der Waals surface area contributed by atoms with Gasteiger partial charge in [-0.05, 0) is 44.0 Å². The van der Waals surface area contributed by atoms with Crippen LogP contribution in [0.5, 0.6) is 0 Å². The highest BCUT2D eigenvalue weighted by atomic mass is 19.4. The summed E-state index contributed by atoms with van der Waals surface area (Å²) in [6.45, 7) is 7.02. The smallest absolute Gasteiger partial charge is 0.382 e. The number of hydrogen-bond acceptors (Lipinski definition) is 2. The van der Waals surface area contributed by atoms with E-state index in [0.29, 0.717) is 5.69 Å². The standard InChI is InChI=1S/C15H21F3N2/c1-3-20-8-6-13(7-9-20)19-14-10-12(15(16,17)18)5-4-11(14)2/h4-5,10,13,19H,3,6-9H2,1-2H3. The summed E-state index contributed by atoms with van der Waals surface area (Å²) < 4.78 is 38.2. The normalized spacial score (nSPS) is 18.2. The van der Waals surface area contributed by atoms with Crippen molar-refractivity contribution in [3.05, 3.63) is 29.3 Å². The van der Waals surface area contributed by atoms with Crippen molar-refractivity contribution in [1.29, 1.82) is 0 Å². The average Bonchev–Trinajstić information content (AvgIpc) is 2.41. The Balaban J connectivity index is 2.06. The van der Waals surface area contributed by atoms with Gasteiger partial charge in [-0.15, -0.1) is 0 Å². The highest BCUT2D eigenvalue weighted by molar-refractivity contribution is 5.54. The number of alkyl halides is 3. The topological polar surface area (TPSA) is 15.3 Å². The number of halogens is 3. The predicted molar refractivity (Wildman–Crippen MR) is 74.9 cm³/mol. The Morgan fingerprint density at radius 1 is 1.25 bits per heavy atom. The molecule has 2 rings (SSSR count). The van der Waals surface area contributed by atoms with E-state index in [1.54, 1.807) is 0 Å². The lowest BCUT2D eigenvalue weighted by Gasteiger charge is -2.32. The van der Waals surface area contributed by atoms with Crippen LogP contribution in [0.25, 0.3) is 0 Å². The number of benzene rings is 1. The van der Waals surface area contributed by atoms with Gasteiger partial charge in [0.15, 0.2) is 0 Å². The van der Waals surface area contributed by atoms with E-state index in [-0.39, 0.29) is 6.04 Å². The van der Waals surface area contributed by atoms with E-state index in [9.17, 15) is 13.2 Å². The average molecular weight is 286 g/mol. The van der Waals surface area contributed by atoms with Crippen molar-refractivity contribution in [1.82, 2.24) is 4.90 Å². The van der Waals surface area contributed by atoms with Crippen LogP contribution in [-0.2, 0) is 6.18 Å². The van der Waals surface area contributed by atoms with Gasteiger partial charge in [0.05, 0.1) is 5.56 Å². The number of rotatable bonds is 3. The quantitative estimate of drug-likeness (QED) is 0.906. The van der Waals surface area contributed by atoms with Crippen molar-refractivity contribution in [2.45, 2.75) is 38.9 Å². The monoisotopic (exact) mass is 286 g/mol. The van der Waals surface area contributed by atoms with Crippen LogP contribution in [0.1, 0.15) is 30.9 Å². The molecule has 5 heteroatoms. The molecule has 1 saturated heterocycles. The second-order valence-electron chi connectivity index (χ2n) is 5.38. The lowest BCUT2D eigenvalue weighted by molar-refractivity contribution is -0.137. The minimum Gasteiger partial charge on any atom is -0.382 e. The lowest BCUT2D eigenvalue weighted by Crippen LogP contribution is -2.39. The van der Waals surface area contributed by atoms with Crippen LogP contribution in [0.3, 0.4) is 0 Å². The minimum absolute atomic E-state index is 0.264. The Hall–Kier alpha value is -1.23. The van der Waals surface area contributed by atoms with E-state index >= 15 is 0 Å². The van der Waals surface area contributed by atoms with Gasteiger partial charge in [0.2, 0.25) is 0 Å². The summed E-state index contributed by atoms with van der Waals surface area (Å²) >= 11 is 0. The van der Waals surface area contributed by atoms with Crippen molar-refractivity contribution in [3.63, 3.8) is 0 Å². The maximum atomic E-state index is 12.7. The molecule has 0 atom stereocenters. The fraction of sp³-hybridized carbons (Fsp3) is 0.600. The third kappa shape index (κ3) is 3.66. The first-order chi connectivity index (χ1) is 9.40. The van der Waals surface area contributed by atoms with E-state index in [1.165, 1.54) is 12.1 Å². The van der Waals surface area contributed by atoms with Gasteiger partial charge < -0.3 is 10.2 Å². The van der Waals surface area contributed by atoms with Gasteiger partial charge >= 0.3 is 6.18 Å². The molecule has 0 spiro atoms. The first kappa shape index (κ1) is 15.2. The number of piperidine rings is 1. The van der Waals surface area contributed by atoms with E-state index in [0.717, 1.165) is 44.1 Å². The van der Waals surface area contributed by atoms with Crippen LogP contribution in [0.15, 0.2) is 18.2 Å². The molecule has 20 heavy (non-hydrogen) atoms. The maximum absolute atomic E-state index is 12.7. The first-order valence-electron chi connectivity index (χ1n) is 7.07. The van der Waals surface area contributed by atoms with Gasteiger partial charge in [-0.3, -0.25) is 0 Å². The van der Waals surface area contributed by atoms with Gasteiger partial charge in [0, 0.05) is 24.8 Å². The van der Waals surface area contributed by atoms with Crippen LogP contribution in [0.2, 0.25) is 0 Å². The number of nitrogens with one attached hydrogen (secondary N) is 1. The summed E-state index contributed by atoms with van der Waals surface area (Å²) in [6.07, 6.45) is -2.33. The van der Waals surface area contributed by atoms with Crippen LogP contribution >= 0.6 is 0 Å². The molecule has 2 nitrogen and oxygen atoms in total. The van der Waals surface area contributed by atoms with Gasteiger partial charge in [0.1, 0.15) is 0 Å². The molecule has 1 heterocycles. The molecule has 1 N–H and O–H groups in total. The van der Waals surface area contributed by atoms with Crippen LogP contribution in [0.4, 0.5) is 18.9 Å². The molecule has 112 valence electrons. The molecule has 0 aromatic heterocycles. The Bertz CT molecular complexity index is 449. The fourth-order valence-corrected chi connectivity index (χ4v) is 2.57. The summed E-state index contributed by atoms with van der Waals surface area (Å²) in [5.41, 5.74) is 0.877. The van der Waals surface area contributed by atoms with Gasteiger partial charge in [-0.1, -0.05) is 13.0 Å². The third-order valence-corrected chi connectivity index (χ3v) is 3.96.